The Morgan fingerprint density at radius 1 is 0.250 bits per heavy atom. The second kappa shape index (κ2) is 37.2. The van der Waals surface area contributed by atoms with Crippen molar-refractivity contribution in [3.63, 3.8) is 0 Å². The molecule has 0 spiro atoms. The van der Waals surface area contributed by atoms with Gasteiger partial charge in [-0.3, -0.25) is 0 Å². The average molecular weight is 1510 g/mol. The molecular weight excluding hydrogens is 1410 g/mol. The molecule has 16 nitrogen and oxygen atoms in total. The van der Waals surface area contributed by atoms with Crippen molar-refractivity contribution < 1.29 is 18.9 Å². The van der Waals surface area contributed by atoms with Crippen LogP contribution in [0, 0.1) is 111 Å². The van der Waals surface area contributed by atoms with Crippen LogP contribution in [0.1, 0.15) is 179 Å². The number of methoxy groups -OCH3 is 2. The lowest BCUT2D eigenvalue weighted by Crippen LogP contribution is -2.06. The fourth-order valence-electron chi connectivity index (χ4n) is 12.7. The molecule has 0 saturated heterocycles. The van der Waals surface area contributed by atoms with Gasteiger partial charge in [0.2, 0.25) is 0 Å². The first-order chi connectivity index (χ1) is 50.1. The highest BCUT2D eigenvalue weighted by Gasteiger charge is 2.24. The Morgan fingerprint density at radius 3 is 0.731 bits per heavy atom. The highest BCUT2D eigenvalue weighted by molar-refractivity contribution is 7.01. The third kappa shape index (κ3) is 17.5. The standard InChI is InChI=1S/C28H32N2S.C16H24N2O2S.C10H12N2O2S.2C10H12N2S.C8H8N2S/c1-5-7-9-21-11-15-23(16-12-21)25-19(3)27-28(30-31-29-27)20(4)26(25)24-17-13-22(14-18-24)10-8-6-2;1-5-7-9-19-15-11(3)13-14(18-21-17-13)12(4)16(15)20-10-8-6-2;1-5-7-8(12-15-11-7)6(2)10(14-4)9(5)13-3;2*1-5-6(2)8(4)10-9(7(5)3)11-13-12-10;1-5-3-4-6(2)8-7(5)9-11-10-8/h11-18H,5-10H2,1-4H3;5-10H2,1-4H3;1-4H3;2*1-4H3;3-4H,1-2H3. The SMILES string of the molecule is CCCCOc1c(OCCCC)c(C)c2nsnc2c1C.CCCCc1ccc(-c2c(-c3ccc(CCCC)cc3)c(C)c3nsnc3c2C)cc1.COc1c(OC)c(C)c2nsnc2c1C.Cc1c(C)c(C)c2nsnc2c1C.Cc1c(C)c(C)c2nsnc2c1C.Cc1ccc(C)c2nsnc12. The molecule has 14 rings (SSSR count). The molecule has 104 heavy (non-hydrogen) atoms. The van der Waals surface area contributed by atoms with E-state index in [1.807, 2.05) is 27.7 Å². The Kier molecular flexibility index (Phi) is 28.6. The monoisotopic (exact) mass is 1510 g/mol. The van der Waals surface area contributed by atoms with Crippen LogP contribution in [0.2, 0.25) is 0 Å². The van der Waals surface area contributed by atoms with E-state index in [-0.39, 0.29) is 0 Å². The lowest BCUT2D eigenvalue weighted by molar-refractivity contribution is 0.260. The Morgan fingerprint density at radius 2 is 0.481 bits per heavy atom. The maximum Gasteiger partial charge on any atom is 0.166 e. The van der Waals surface area contributed by atoms with Crippen molar-refractivity contribution in [3.05, 3.63) is 161 Å². The van der Waals surface area contributed by atoms with Gasteiger partial charge in [0, 0.05) is 22.3 Å². The van der Waals surface area contributed by atoms with E-state index in [2.05, 4.69) is 224 Å². The van der Waals surface area contributed by atoms with Gasteiger partial charge >= 0.3 is 0 Å². The zero-order chi connectivity index (χ0) is 75.1. The van der Waals surface area contributed by atoms with Crippen molar-refractivity contribution in [1.82, 2.24) is 52.5 Å². The summed E-state index contributed by atoms with van der Waals surface area (Å²) in [5, 5.41) is 0. The number of ether oxygens (including phenoxy) is 4. The minimum absolute atomic E-state index is 0.712. The maximum atomic E-state index is 6.01. The first-order valence-electron chi connectivity index (χ1n) is 35.9. The molecule has 0 atom stereocenters. The van der Waals surface area contributed by atoms with Crippen LogP contribution in [0.3, 0.4) is 0 Å². The number of aryl methyl sites for hydroxylation is 14. The lowest BCUT2D eigenvalue weighted by Gasteiger charge is -2.18. The van der Waals surface area contributed by atoms with Gasteiger partial charge in [0.1, 0.15) is 66.2 Å². The van der Waals surface area contributed by atoms with Crippen molar-refractivity contribution in [1.29, 1.82) is 0 Å². The summed E-state index contributed by atoms with van der Waals surface area (Å²) in [7, 11) is 3.27. The molecule has 0 radical (unpaired) electrons. The fraction of sp³-hybridized carbons (Fsp3) is 0.415. The molecule has 0 saturated carbocycles. The van der Waals surface area contributed by atoms with Crippen LogP contribution in [-0.4, -0.2) is 79.9 Å². The van der Waals surface area contributed by atoms with Crippen molar-refractivity contribution >= 4 is 137 Å². The molecule has 6 aromatic heterocycles. The number of aromatic nitrogens is 12. The number of rotatable bonds is 18. The summed E-state index contributed by atoms with van der Waals surface area (Å²) in [5.74, 6) is 3.18. The van der Waals surface area contributed by atoms with Gasteiger partial charge in [-0.05, 0) is 249 Å². The third-order valence-electron chi connectivity index (χ3n) is 20.0. The molecule has 14 aromatic rings. The molecule has 8 aromatic carbocycles. The smallest absolute Gasteiger partial charge is 0.166 e. The summed E-state index contributed by atoms with van der Waals surface area (Å²) < 4.78 is 74.9. The molecular formula is C82H100N12O4S6. The second-order valence-electron chi connectivity index (χ2n) is 26.7. The van der Waals surface area contributed by atoms with Crippen molar-refractivity contribution in [2.75, 3.05) is 27.4 Å². The molecule has 0 bridgehead atoms. The molecule has 0 unspecified atom stereocenters. The number of hydrogen-bond donors (Lipinski definition) is 0. The zero-order valence-corrected chi connectivity index (χ0v) is 69.6. The van der Waals surface area contributed by atoms with Gasteiger partial charge in [-0.25, -0.2) is 0 Å². The topological polar surface area (TPSA) is 192 Å². The predicted octanol–water partition coefficient (Wildman–Crippen LogP) is 23.5. The summed E-state index contributed by atoms with van der Waals surface area (Å²) in [4.78, 5) is 0. The lowest BCUT2D eigenvalue weighted by atomic mass is 9.86. The predicted molar refractivity (Wildman–Crippen MR) is 442 cm³/mol. The summed E-state index contributed by atoms with van der Waals surface area (Å²) >= 11 is 7.64. The molecule has 0 aliphatic rings. The minimum atomic E-state index is 0.712. The molecule has 548 valence electrons. The van der Waals surface area contributed by atoms with E-state index in [1.54, 1.807) is 14.2 Å². The Labute approximate surface area is 639 Å². The van der Waals surface area contributed by atoms with Crippen LogP contribution in [0.5, 0.6) is 23.0 Å². The Hall–Kier alpha value is -8.12. The van der Waals surface area contributed by atoms with E-state index in [0.29, 0.717) is 13.2 Å². The van der Waals surface area contributed by atoms with Crippen LogP contribution in [0.15, 0.2) is 60.7 Å². The highest BCUT2D eigenvalue weighted by Crippen LogP contribution is 2.44. The third-order valence-corrected chi connectivity index (χ3v) is 23.2. The summed E-state index contributed by atoms with van der Waals surface area (Å²) in [6.07, 6.45) is 11.5. The van der Waals surface area contributed by atoms with Crippen LogP contribution in [0.25, 0.3) is 88.5 Å². The number of unbranched alkanes of at least 4 members (excludes halogenated alkanes) is 4. The van der Waals surface area contributed by atoms with E-state index in [0.717, 1.165) is 150 Å². The maximum absolute atomic E-state index is 6.01. The number of fused-ring (bicyclic) bond motifs is 6. The van der Waals surface area contributed by atoms with Crippen molar-refractivity contribution in [2.45, 2.75) is 203 Å². The molecule has 22 heteroatoms. The molecule has 0 fully saturated rings. The van der Waals surface area contributed by atoms with E-state index < -0.39 is 0 Å². The van der Waals surface area contributed by atoms with Crippen molar-refractivity contribution in [3.8, 4) is 45.3 Å². The van der Waals surface area contributed by atoms with E-state index in [4.69, 9.17) is 18.9 Å². The number of hydrogen-bond acceptors (Lipinski definition) is 22. The quantitative estimate of drug-likeness (QED) is 0.0736. The van der Waals surface area contributed by atoms with Crippen LogP contribution >= 0.6 is 70.4 Å². The van der Waals surface area contributed by atoms with Crippen LogP contribution < -0.4 is 18.9 Å². The molecule has 0 aliphatic heterocycles. The van der Waals surface area contributed by atoms with E-state index in [1.165, 1.54) is 196 Å². The molecule has 6 heterocycles. The van der Waals surface area contributed by atoms with Crippen LogP contribution in [0.4, 0.5) is 0 Å². The summed E-state index contributed by atoms with van der Waals surface area (Å²) in [6.45, 7) is 43.8. The van der Waals surface area contributed by atoms with Crippen LogP contribution in [-0.2, 0) is 12.8 Å². The van der Waals surface area contributed by atoms with Gasteiger partial charge in [0.25, 0.3) is 0 Å². The Bertz CT molecular complexity index is 4830. The Balaban J connectivity index is 0.000000151. The number of benzene rings is 8. The molecule has 0 amide bonds. The first kappa shape index (κ1) is 80.0. The fourth-order valence-corrected chi connectivity index (χ4v) is 16.6. The average Bonchev–Trinajstić information content (AvgIpc) is 1.23. The molecule has 0 aliphatic carbocycles. The van der Waals surface area contributed by atoms with Gasteiger partial charge in [0.05, 0.1) is 97.8 Å². The van der Waals surface area contributed by atoms with Crippen molar-refractivity contribution in [2.24, 2.45) is 0 Å². The van der Waals surface area contributed by atoms with Gasteiger partial charge in [-0.15, -0.1) is 0 Å². The zero-order valence-electron chi connectivity index (χ0n) is 64.7. The minimum Gasteiger partial charge on any atom is -0.492 e. The van der Waals surface area contributed by atoms with E-state index >= 15 is 0 Å². The summed E-state index contributed by atoms with van der Waals surface area (Å²) in [5.41, 5.74) is 39.4. The van der Waals surface area contributed by atoms with Gasteiger partial charge in [-0.2, -0.15) is 52.5 Å². The first-order valence-corrected chi connectivity index (χ1v) is 40.3. The van der Waals surface area contributed by atoms with Gasteiger partial charge in [-0.1, -0.05) is 114 Å². The number of nitrogens with zero attached hydrogens (tertiary/aromatic N) is 12. The van der Waals surface area contributed by atoms with E-state index in [9.17, 15) is 0 Å². The normalized spacial score (nSPS) is 11.1. The largest absolute Gasteiger partial charge is 0.492 e. The van der Waals surface area contributed by atoms with Gasteiger partial charge in [0.15, 0.2) is 23.0 Å². The second-order valence-corrected chi connectivity index (χ2v) is 29.9. The molecule has 0 N–H and O–H groups in total. The summed E-state index contributed by atoms with van der Waals surface area (Å²) in [6, 6.07) is 22.5. The van der Waals surface area contributed by atoms with Gasteiger partial charge < -0.3 is 18.9 Å². The highest BCUT2D eigenvalue weighted by atomic mass is 32.1.